The zero-order chi connectivity index (χ0) is 24.0. The zero-order valence-corrected chi connectivity index (χ0v) is 20.0. The number of allylic oxidation sites excluding steroid dienone is 1. The Hall–Kier alpha value is -3.64. The largest absolute Gasteiger partial charge is 0.366 e. The first-order valence-corrected chi connectivity index (χ1v) is 12.5. The maximum atomic E-state index is 14.1. The molecule has 6 heteroatoms. The summed E-state index contributed by atoms with van der Waals surface area (Å²) in [6, 6.07) is 16.9. The van der Waals surface area contributed by atoms with Crippen molar-refractivity contribution in [3.8, 4) is 11.3 Å². The first kappa shape index (κ1) is 20.7. The minimum Gasteiger partial charge on any atom is -0.366 e. The number of aromatic nitrogens is 1. The highest BCUT2D eigenvalue weighted by atomic mass is 16.2. The molecule has 2 bridgehead atoms. The highest BCUT2D eigenvalue weighted by Gasteiger charge is 2.46. The van der Waals surface area contributed by atoms with Crippen LogP contribution in [0.25, 0.3) is 33.9 Å². The smallest absolute Gasteiger partial charge is 0.254 e. The lowest BCUT2D eigenvalue weighted by atomic mass is 9.95. The fourth-order valence-corrected chi connectivity index (χ4v) is 6.56. The maximum absolute atomic E-state index is 14.1. The second-order valence-corrected chi connectivity index (χ2v) is 10.7. The van der Waals surface area contributed by atoms with Gasteiger partial charge in [0.15, 0.2) is 0 Å². The summed E-state index contributed by atoms with van der Waals surface area (Å²) >= 11 is 0. The van der Waals surface area contributed by atoms with Gasteiger partial charge in [-0.2, -0.15) is 0 Å². The monoisotopic (exact) mass is 464 g/mol. The first-order valence-electron chi connectivity index (χ1n) is 12.5. The van der Waals surface area contributed by atoms with Crippen molar-refractivity contribution in [2.75, 3.05) is 19.6 Å². The van der Waals surface area contributed by atoms with E-state index in [1.807, 2.05) is 36.5 Å². The Morgan fingerprint density at radius 2 is 1.89 bits per heavy atom. The Bertz CT molecular complexity index is 1510. The van der Waals surface area contributed by atoms with E-state index in [0.29, 0.717) is 23.1 Å². The van der Waals surface area contributed by atoms with Gasteiger partial charge < -0.3 is 15.2 Å². The number of fused-ring (bicyclic) bond motifs is 9. The lowest BCUT2D eigenvalue weighted by Crippen LogP contribution is -2.49. The van der Waals surface area contributed by atoms with Crippen molar-refractivity contribution >= 4 is 34.5 Å². The fraction of sp³-hybridized carbons (Fsp3) is 0.310. The quantitative estimate of drug-likeness (QED) is 0.635. The third kappa shape index (κ3) is 2.93. The number of nitrogens with zero attached hydrogens (tertiary/aromatic N) is 3. The van der Waals surface area contributed by atoms with Crippen LogP contribution in [-0.2, 0) is 4.79 Å². The molecule has 7 rings (SSSR count). The van der Waals surface area contributed by atoms with Gasteiger partial charge in [0.1, 0.15) is 0 Å². The second kappa shape index (κ2) is 7.18. The average molecular weight is 465 g/mol. The van der Waals surface area contributed by atoms with Crippen LogP contribution in [0, 0.1) is 5.92 Å². The molecule has 176 valence electrons. The molecule has 2 atom stereocenters. The van der Waals surface area contributed by atoms with E-state index in [0.717, 1.165) is 64.9 Å². The number of rotatable bonds is 4. The molecule has 2 N–H and O–H groups in total. The molecule has 0 spiro atoms. The zero-order valence-electron chi connectivity index (χ0n) is 20.0. The van der Waals surface area contributed by atoms with Gasteiger partial charge in [-0.15, -0.1) is 0 Å². The van der Waals surface area contributed by atoms with Gasteiger partial charge in [0.25, 0.3) is 5.91 Å². The van der Waals surface area contributed by atoms with Crippen LogP contribution in [0.3, 0.4) is 0 Å². The van der Waals surface area contributed by atoms with Crippen molar-refractivity contribution in [1.82, 2.24) is 14.4 Å². The van der Waals surface area contributed by atoms with E-state index >= 15 is 0 Å². The van der Waals surface area contributed by atoms with Crippen LogP contribution in [0.2, 0.25) is 0 Å². The van der Waals surface area contributed by atoms with Gasteiger partial charge in [0.05, 0.1) is 16.8 Å². The summed E-state index contributed by atoms with van der Waals surface area (Å²) in [6.07, 6.45) is 3.05. The van der Waals surface area contributed by atoms with Crippen LogP contribution in [0.1, 0.15) is 36.2 Å². The van der Waals surface area contributed by atoms with Crippen molar-refractivity contribution in [2.24, 2.45) is 11.7 Å². The molecular formula is C29H28N4O2. The van der Waals surface area contributed by atoms with E-state index < -0.39 is 5.91 Å². The molecular weight excluding hydrogens is 436 g/mol. The molecule has 2 fully saturated rings. The Kier molecular flexibility index (Phi) is 4.25. The fourth-order valence-electron chi connectivity index (χ4n) is 6.56. The standard InChI is InChI=1S/C29H28N4O2/c1-16(2)12-31-13-19-11-18(31)14-32(19)29(35)21-8-5-7-20-25(21)24-10-17-6-3-4-9-23(17)33(24)15-22-26(20)27(22)28(30)34/h3-10,15-16,18-19H,11-14H2,1-2H3,(H2,30,34)/t18-,19-/m0/s1. The summed E-state index contributed by atoms with van der Waals surface area (Å²) in [6.45, 7) is 7.32. The molecule has 6 nitrogen and oxygen atoms in total. The average Bonchev–Trinajstić information content (AvgIpc) is 3.06. The van der Waals surface area contributed by atoms with Crippen LogP contribution >= 0.6 is 0 Å². The summed E-state index contributed by atoms with van der Waals surface area (Å²) in [7, 11) is 0. The van der Waals surface area contributed by atoms with E-state index in [1.165, 1.54) is 0 Å². The first-order chi connectivity index (χ1) is 16.9. The number of carbonyl (C=O) groups is 2. The highest BCUT2D eigenvalue weighted by Crippen LogP contribution is 2.53. The Morgan fingerprint density at radius 3 is 2.63 bits per heavy atom. The molecule has 4 aliphatic rings. The number of benzene rings is 2. The summed E-state index contributed by atoms with van der Waals surface area (Å²) in [5, 5.41) is 1.10. The summed E-state index contributed by atoms with van der Waals surface area (Å²) < 4.78 is 2.11. The molecule has 4 heterocycles. The molecule has 1 aromatic heterocycles. The molecule has 3 aliphatic heterocycles. The van der Waals surface area contributed by atoms with Crippen LogP contribution < -0.4 is 5.73 Å². The molecule has 0 unspecified atom stereocenters. The minimum absolute atomic E-state index is 0.0840. The van der Waals surface area contributed by atoms with Gasteiger partial charge in [-0.25, -0.2) is 0 Å². The van der Waals surface area contributed by atoms with E-state index in [9.17, 15) is 9.59 Å². The van der Waals surface area contributed by atoms with Crippen molar-refractivity contribution in [1.29, 1.82) is 0 Å². The van der Waals surface area contributed by atoms with Gasteiger partial charge in [0, 0.05) is 65.6 Å². The number of likely N-dealkylation sites (tertiary alicyclic amines) is 2. The number of amides is 2. The molecule has 0 radical (unpaired) electrons. The Morgan fingerprint density at radius 1 is 1.06 bits per heavy atom. The third-order valence-electron chi connectivity index (χ3n) is 8.01. The Labute approximate surface area is 204 Å². The minimum atomic E-state index is -0.420. The number of hydrogen-bond donors (Lipinski definition) is 1. The normalized spacial score (nSPS) is 22.3. The molecule has 1 aliphatic carbocycles. The van der Waals surface area contributed by atoms with Gasteiger partial charge in [0.2, 0.25) is 5.91 Å². The van der Waals surface area contributed by atoms with Gasteiger partial charge >= 0.3 is 0 Å². The third-order valence-corrected chi connectivity index (χ3v) is 8.01. The van der Waals surface area contributed by atoms with E-state index in [4.69, 9.17) is 5.73 Å². The number of hydrogen-bond acceptors (Lipinski definition) is 3. The van der Waals surface area contributed by atoms with Gasteiger partial charge in [-0.3, -0.25) is 14.5 Å². The van der Waals surface area contributed by atoms with Crippen LogP contribution in [-0.4, -0.2) is 57.9 Å². The molecule has 3 aromatic rings. The highest BCUT2D eigenvalue weighted by molar-refractivity contribution is 6.27. The van der Waals surface area contributed by atoms with Crippen LogP contribution in [0.4, 0.5) is 0 Å². The van der Waals surface area contributed by atoms with E-state index in [1.54, 1.807) is 0 Å². The molecule has 35 heavy (non-hydrogen) atoms. The molecule has 2 aromatic carbocycles. The predicted molar refractivity (Wildman–Crippen MR) is 137 cm³/mol. The molecule has 2 saturated heterocycles. The predicted octanol–water partition coefficient (Wildman–Crippen LogP) is 3.97. The summed E-state index contributed by atoms with van der Waals surface area (Å²) in [5.74, 6) is 0.287. The van der Waals surface area contributed by atoms with E-state index in [-0.39, 0.29) is 11.9 Å². The SMILES string of the molecule is CC(C)CN1C[C@@H]2C[C@H]1CN2C(=O)c1cccc2c1-c1cc3ccccc3n1C=C1C(C(N)=O)=C12. The van der Waals surface area contributed by atoms with Crippen molar-refractivity contribution in [3.05, 3.63) is 70.8 Å². The molecule has 2 amide bonds. The lowest BCUT2D eigenvalue weighted by molar-refractivity contribution is -0.114. The number of primary amides is 1. The summed E-state index contributed by atoms with van der Waals surface area (Å²) in [4.78, 5) is 30.9. The van der Waals surface area contributed by atoms with Crippen molar-refractivity contribution in [3.63, 3.8) is 0 Å². The topological polar surface area (TPSA) is 71.6 Å². The van der Waals surface area contributed by atoms with Crippen LogP contribution in [0.5, 0.6) is 0 Å². The van der Waals surface area contributed by atoms with E-state index in [2.05, 4.69) is 46.4 Å². The number of nitrogens with two attached hydrogens (primary N) is 1. The van der Waals surface area contributed by atoms with Gasteiger partial charge in [-0.1, -0.05) is 44.2 Å². The van der Waals surface area contributed by atoms with Crippen LogP contribution in [0.15, 0.2) is 59.7 Å². The second-order valence-electron chi connectivity index (χ2n) is 10.7. The molecule has 0 saturated carbocycles. The van der Waals surface area contributed by atoms with Crippen molar-refractivity contribution < 1.29 is 9.59 Å². The number of para-hydroxylation sites is 1. The number of carbonyl (C=O) groups excluding carboxylic acids is 2. The maximum Gasteiger partial charge on any atom is 0.254 e. The number of piperazine rings is 1. The Balaban J connectivity index is 1.36. The van der Waals surface area contributed by atoms with Crippen molar-refractivity contribution in [2.45, 2.75) is 32.4 Å². The van der Waals surface area contributed by atoms with Gasteiger partial charge in [-0.05, 0) is 36.1 Å². The summed E-state index contributed by atoms with van der Waals surface area (Å²) in [5.41, 5.74) is 12.6. The lowest BCUT2D eigenvalue weighted by Gasteiger charge is -2.35.